The lowest BCUT2D eigenvalue weighted by molar-refractivity contribution is 0.0930. The highest BCUT2D eigenvalue weighted by Crippen LogP contribution is 2.39. The summed E-state index contributed by atoms with van der Waals surface area (Å²) in [4.78, 5) is 25.5. The van der Waals surface area contributed by atoms with Crippen LogP contribution in [0.1, 0.15) is 59.8 Å². The minimum atomic E-state index is -0.548. The molecule has 1 aliphatic heterocycles. The maximum Gasteiger partial charge on any atom is 0.251 e. The maximum absolute atomic E-state index is 14.7. The molecule has 1 amide bonds. The summed E-state index contributed by atoms with van der Waals surface area (Å²) in [5, 5.41) is 6.00. The van der Waals surface area contributed by atoms with E-state index in [1.807, 2.05) is 42.1 Å². The van der Waals surface area contributed by atoms with Gasteiger partial charge in [-0.05, 0) is 67.3 Å². The number of hydrogen-bond donors (Lipinski definition) is 2. The molecule has 2 N–H and O–H groups in total. The second-order valence-corrected chi connectivity index (χ2v) is 10.3. The minimum absolute atomic E-state index is 0.0865. The van der Waals surface area contributed by atoms with Crippen molar-refractivity contribution in [2.24, 2.45) is 0 Å². The van der Waals surface area contributed by atoms with Crippen LogP contribution in [0.4, 0.5) is 15.9 Å². The lowest BCUT2D eigenvalue weighted by Crippen LogP contribution is -2.43. The van der Waals surface area contributed by atoms with Crippen LogP contribution in [0, 0.1) is 12.7 Å². The summed E-state index contributed by atoms with van der Waals surface area (Å²) in [5.41, 5.74) is 6.01. The van der Waals surface area contributed by atoms with Crippen LogP contribution in [-0.2, 0) is 5.41 Å². The van der Waals surface area contributed by atoms with Crippen molar-refractivity contribution < 1.29 is 9.18 Å². The van der Waals surface area contributed by atoms with Gasteiger partial charge in [0.05, 0.1) is 18.2 Å². The summed E-state index contributed by atoms with van der Waals surface area (Å²) in [5.74, 6) is 0.471. The first kappa shape index (κ1) is 22.4. The van der Waals surface area contributed by atoms with Crippen LogP contribution in [0.3, 0.4) is 0 Å². The molecule has 2 aliphatic rings. The van der Waals surface area contributed by atoms with Crippen LogP contribution in [0.25, 0.3) is 17.1 Å². The highest BCUT2D eigenvalue weighted by Gasteiger charge is 2.31. The molecule has 182 valence electrons. The molecule has 1 saturated carbocycles. The summed E-state index contributed by atoms with van der Waals surface area (Å²) in [6, 6.07) is 11.4. The van der Waals surface area contributed by atoms with Gasteiger partial charge >= 0.3 is 0 Å². The van der Waals surface area contributed by atoms with E-state index >= 15 is 0 Å². The van der Waals surface area contributed by atoms with E-state index in [0.29, 0.717) is 29.5 Å². The number of rotatable bonds is 5. The summed E-state index contributed by atoms with van der Waals surface area (Å²) >= 11 is 0. The number of aryl methyl sites for hydroxylation is 1. The van der Waals surface area contributed by atoms with Crippen LogP contribution in [0.5, 0.6) is 0 Å². The van der Waals surface area contributed by atoms with Gasteiger partial charge in [-0.2, -0.15) is 0 Å². The van der Waals surface area contributed by atoms with Crippen molar-refractivity contribution in [3.63, 3.8) is 0 Å². The first-order valence-corrected chi connectivity index (χ1v) is 12.2. The Morgan fingerprint density at radius 1 is 1.14 bits per heavy atom. The quantitative estimate of drug-likeness (QED) is 0.397. The van der Waals surface area contributed by atoms with Gasteiger partial charge in [-0.1, -0.05) is 13.8 Å². The second kappa shape index (κ2) is 8.26. The highest BCUT2D eigenvalue weighted by molar-refractivity contribution is 5.98. The number of imidazole rings is 1. The van der Waals surface area contributed by atoms with Gasteiger partial charge in [-0.3, -0.25) is 4.79 Å². The fraction of sp³-hybridized carbons (Fsp3) is 0.286. The Morgan fingerprint density at radius 2 is 1.97 bits per heavy atom. The van der Waals surface area contributed by atoms with Gasteiger partial charge in [0.2, 0.25) is 0 Å². The third-order valence-electron chi connectivity index (χ3n) is 7.02. The molecule has 4 aromatic rings. The Balaban J connectivity index is 1.29. The number of carbonyl (C=O) groups is 1. The summed E-state index contributed by atoms with van der Waals surface area (Å²) in [6.45, 7) is 6.72. The number of carbonyl (C=O) groups excluding carboxylic acids is 1. The zero-order chi connectivity index (χ0) is 25.0. The largest absolute Gasteiger partial charge is 0.351 e. The van der Waals surface area contributed by atoms with Crippen LogP contribution in [0.15, 0.2) is 55.1 Å². The molecule has 3 heterocycles. The molecule has 7 nitrogen and oxygen atoms in total. The third-order valence-corrected chi connectivity index (χ3v) is 7.02. The molecular formula is C28H27FN6O. The molecular weight excluding hydrogens is 455 g/mol. The fourth-order valence-electron chi connectivity index (χ4n) is 4.75. The van der Waals surface area contributed by atoms with E-state index in [4.69, 9.17) is 0 Å². The predicted octanol–water partition coefficient (Wildman–Crippen LogP) is 5.42. The lowest BCUT2D eigenvalue weighted by atomic mass is 9.79. The van der Waals surface area contributed by atoms with E-state index in [1.165, 1.54) is 19.0 Å². The van der Waals surface area contributed by atoms with Gasteiger partial charge < -0.3 is 15.2 Å². The van der Waals surface area contributed by atoms with Crippen molar-refractivity contribution in [3.8, 4) is 17.1 Å². The average molecular weight is 483 g/mol. The van der Waals surface area contributed by atoms with Gasteiger partial charge in [0.25, 0.3) is 5.91 Å². The number of nitrogens with zero attached hydrogens (tertiary/aromatic N) is 4. The van der Waals surface area contributed by atoms with Crippen molar-refractivity contribution >= 4 is 17.4 Å². The lowest BCUT2D eigenvalue weighted by Gasteiger charge is -2.32. The van der Waals surface area contributed by atoms with Crippen molar-refractivity contribution in [1.82, 2.24) is 24.8 Å². The Hall–Kier alpha value is -4.07. The first-order chi connectivity index (χ1) is 17.3. The topological polar surface area (TPSA) is 84.7 Å². The van der Waals surface area contributed by atoms with Crippen molar-refractivity contribution in [1.29, 1.82) is 0 Å². The van der Waals surface area contributed by atoms with Gasteiger partial charge in [0.1, 0.15) is 0 Å². The summed E-state index contributed by atoms with van der Waals surface area (Å²) < 4.78 is 16.7. The zero-order valence-corrected chi connectivity index (χ0v) is 20.5. The predicted molar refractivity (Wildman–Crippen MR) is 136 cm³/mol. The summed E-state index contributed by atoms with van der Waals surface area (Å²) in [6.07, 6.45) is 7.56. The fourth-order valence-corrected chi connectivity index (χ4v) is 4.75. The minimum Gasteiger partial charge on any atom is -0.351 e. The van der Waals surface area contributed by atoms with E-state index in [9.17, 15) is 9.18 Å². The third kappa shape index (κ3) is 4.02. The van der Waals surface area contributed by atoms with Crippen LogP contribution in [-0.4, -0.2) is 32.0 Å². The number of aromatic nitrogens is 4. The van der Waals surface area contributed by atoms with Crippen molar-refractivity contribution in [2.45, 2.75) is 44.9 Å². The van der Waals surface area contributed by atoms with E-state index in [0.717, 1.165) is 28.1 Å². The second-order valence-electron chi connectivity index (χ2n) is 10.3. The maximum atomic E-state index is 14.7. The molecule has 0 atom stereocenters. The highest BCUT2D eigenvalue weighted by atomic mass is 19.1. The van der Waals surface area contributed by atoms with Crippen LogP contribution < -0.4 is 10.6 Å². The number of anilines is 2. The molecule has 1 aliphatic carbocycles. The number of fused-ring (bicyclic) bond motifs is 1. The zero-order valence-electron chi connectivity index (χ0n) is 20.5. The van der Waals surface area contributed by atoms with Gasteiger partial charge in [0, 0.05) is 46.6 Å². The number of halogens is 1. The molecule has 0 spiro atoms. The molecule has 36 heavy (non-hydrogen) atoms. The molecule has 2 aromatic carbocycles. The molecule has 8 heteroatoms. The van der Waals surface area contributed by atoms with Crippen molar-refractivity contribution in [3.05, 3.63) is 83.3 Å². The average Bonchev–Trinajstić information content (AvgIpc) is 3.60. The van der Waals surface area contributed by atoms with Crippen LogP contribution >= 0.6 is 0 Å². The van der Waals surface area contributed by atoms with Gasteiger partial charge in [0.15, 0.2) is 17.5 Å². The monoisotopic (exact) mass is 482 g/mol. The number of nitrogens with one attached hydrogen (secondary N) is 2. The first-order valence-electron chi connectivity index (χ1n) is 12.2. The SMILES string of the molecule is Cc1cc(-c2ncc(F)c(Nc3ccc4c(c3)C(C)(C)CNC4=O)n2)ccc1-n1cnc(C2CC2)c1. The standard InChI is InChI=1S/C28H27FN6O/c1-16-10-18(6-9-24(16)35-13-23(32-15-35)17-4-5-17)25-30-12-22(29)26(34-25)33-19-7-8-20-21(11-19)28(2,3)14-31-27(20)36/h6-13,15,17H,4-5,14H2,1-3H3,(H,31,36)(H,30,33,34). The van der Waals surface area contributed by atoms with E-state index in [2.05, 4.69) is 45.6 Å². The number of benzene rings is 2. The molecule has 6 rings (SSSR count). The Morgan fingerprint density at radius 3 is 2.75 bits per heavy atom. The summed E-state index contributed by atoms with van der Waals surface area (Å²) in [7, 11) is 0. The Kier molecular flexibility index (Phi) is 5.14. The molecule has 0 saturated heterocycles. The molecule has 0 bridgehead atoms. The Bertz CT molecular complexity index is 1500. The van der Waals surface area contributed by atoms with E-state index < -0.39 is 5.82 Å². The van der Waals surface area contributed by atoms with Gasteiger partial charge in [-0.15, -0.1) is 0 Å². The molecule has 0 radical (unpaired) electrons. The van der Waals surface area contributed by atoms with E-state index in [1.54, 1.807) is 12.1 Å². The number of hydrogen-bond acceptors (Lipinski definition) is 5. The normalized spacial score (nSPS) is 16.4. The molecule has 2 aromatic heterocycles. The van der Waals surface area contributed by atoms with Crippen molar-refractivity contribution in [2.75, 3.05) is 11.9 Å². The van der Waals surface area contributed by atoms with Gasteiger partial charge in [-0.25, -0.2) is 19.3 Å². The van der Waals surface area contributed by atoms with E-state index in [-0.39, 0.29) is 17.1 Å². The number of amides is 1. The Labute approximate surface area is 208 Å². The van der Waals surface area contributed by atoms with Crippen LogP contribution in [0.2, 0.25) is 0 Å². The molecule has 1 fully saturated rings. The molecule has 0 unspecified atom stereocenters. The smallest absolute Gasteiger partial charge is 0.251 e.